The van der Waals surface area contributed by atoms with Crippen molar-refractivity contribution in [3.63, 3.8) is 0 Å². The number of ether oxygens (including phenoxy) is 1. The number of nitrogens with zero attached hydrogens (tertiary/aromatic N) is 1. The van der Waals surface area contributed by atoms with E-state index in [0.29, 0.717) is 11.8 Å². The number of anilines is 1. The highest BCUT2D eigenvalue weighted by Crippen LogP contribution is 2.46. The Morgan fingerprint density at radius 2 is 1.29 bits per heavy atom. The number of allylic oxidation sites excluding steroid dienone is 2. The Morgan fingerprint density at radius 3 is 1.76 bits per heavy atom. The second-order valence-electron chi connectivity index (χ2n) is 6.90. The smallest absolute Gasteiger partial charge is 0.154 e. The lowest BCUT2D eigenvalue weighted by Gasteiger charge is -2.38. The average molecular weight is 287 g/mol. The van der Waals surface area contributed by atoms with Gasteiger partial charge >= 0.3 is 0 Å². The van der Waals surface area contributed by atoms with Gasteiger partial charge in [-0.25, -0.2) is 0 Å². The van der Waals surface area contributed by atoms with Gasteiger partial charge in [0.05, 0.1) is 11.4 Å². The zero-order chi connectivity index (χ0) is 16.1. The third-order valence-electron chi connectivity index (χ3n) is 4.83. The summed E-state index contributed by atoms with van der Waals surface area (Å²) in [6, 6.07) is 0. The van der Waals surface area contributed by atoms with Crippen LogP contribution in [-0.2, 0) is 0 Å². The Balaban J connectivity index is 2.76. The fraction of sp³-hybridized carbons (Fsp3) is 0.579. The molecule has 0 amide bonds. The lowest BCUT2D eigenvalue weighted by molar-refractivity contribution is 0.340. The zero-order valence-electron chi connectivity index (χ0n) is 15.0. The fourth-order valence-corrected chi connectivity index (χ4v) is 3.32. The minimum absolute atomic E-state index is 0.388. The summed E-state index contributed by atoms with van der Waals surface area (Å²) >= 11 is 0. The van der Waals surface area contributed by atoms with Crippen molar-refractivity contribution in [1.29, 1.82) is 0 Å². The van der Waals surface area contributed by atoms with E-state index in [4.69, 9.17) is 4.74 Å². The summed E-state index contributed by atoms with van der Waals surface area (Å²) in [5.74, 6) is 3.00. The summed E-state index contributed by atoms with van der Waals surface area (Å²) in [5.41, 5.74) is 7.86. The predicted octanol–water partition coefficient (Wildman–Crippen LogP) is 5.27. The van der Waals surface area contributed by atoms with Gasteiger partial charge in [-0.15, -0.1) is 0 Å². The molecule has 0 atom stereocenters. The minimum Gasteiger partial charge on any atom is -0.457 e. The van der Waals surface area contributed by atoms with E-state index in [2.05, 4.69) is 67.3 Å². The maximum atomic E-state index is 6.42. The molecule has 0 fully saturated rings. The van der Waals surface area contributed by atoms with Gasteiger partial charge < -0.3 is 9.64 Å². The van der Waals surface area contributed by atoms with Crippen LogP contribution in [0.1, 0.15) is 49.9 Å². The molecule has 0 saturated carbocycles. The van der Waals surface area contributed by atoms with E-state index in [1.807, 2.05) is 0 Å². The molecule has 2 nitrogen and oxygen atoms in total. The van der Waals surface area contributed by atoms with Crippen LogP contribution in [0.25, 0.3) is 0 Å². The molecular formula is C19H29NO. The van der Waals surface area contributed by atoms with Gasteiger partial charge in [0.15, 0.2) is 5.75 Å². The first-order valence-electron chi connectivity index (χ1n) is 7.94. The number of fused-ring (bicyclic) bond motifs is 1. The predicted molar refractivity (Wildman–Crippen MR) is 91.1 cm³/mol. The van der Waals surface area contributed by atoms with Crippen LogP contribution in [0.2, 0.25) is 0 Å². The number of hydrogen-bond acceptors (Lipinski definition) is 2. The molecule has 0 aromatic heterocycles. The van der Waals surface area contributed by atoms with Crippen LogP contribution in [0.5, 0.6) is 5.75 Å². The quantitative estimate of drug-likeness (QED) is 0.734. The Morgan fingerprint density at radius 1 is 0.762 bits per heavy atom. The van der Waals surface area contributed by atoms with Crippen LogP contribution in [-0.4, -0.2) is 7.05 Å². The molecule has 21 heavy (non-hydrogen) atoms. The first kappa shape index (κ1) is 15.9. The molecule has 1 heterocycles. The maximum Gasteiger partial charge on any atom is 0.154 e. The van der Waals surface area contributed by atoms with Gasteiger partial charge in [0, 0.05) is 13.0 Å². The molecule has 0 bridgehead atoms. The van der Waals surface area contributed by atoms with E-state index in [1.54, 1.807) is 0 Å². The molecule has 0 N–H and O–H groups in total. The number of rotatable bonds is 2. The molecule has 2 rings (SSSR count). The maximum absolute atomic E-state index is 6.42. The highest BCUT2D eigenvalue weighted by atomic mass is 16.5. The highest BCUT2D eigenvalue weighted by molar-refractivity contribution is 5.74. The summed E-state index contributed by atoms with van der Waals surface area (Å²) in [4.78, 5) is 2.35. The summed E-state index contributed by atoms with van der Waals surface area (Å²) < 4.78 is 6.42. The van der Waals surface area contributed by atoms with Gasteiger partial charge in [0.2, 0.25) is 0 Å². The molecule has 1 aromatic rings. The number of benzene rings is 1. The van der Waals surface area contributed by atoms with E-state index in [9.17, 15) is 0 Å². The molecule has 2 heteroatoms. The first-order valence-corrected chi connectivity index (χ1v) is 7.94. The zero-order valence-corrected chi connectivity index (χ0v) is 15.0. The summed E-state index contributed by atoms with van der Waals surface area (Å²) in [6.07, 6.45) is 0. The molecule has 1 aromatic carbocycles. The lowest BCUT2D eigenvalue weighted by Crippen LogP contribution is -2.31. The first-order chi connectivity index (χ1) is 9.68. The second-order valence-corrected chi connectivity index (χ2v) is 6.90. The van der Waals surface area contributed by atoms with E-state index < -0.39 is 0 Å². The third kappa shape index (κ3) is 2.35. The van der Waals surface area contributed by atoms with Gasteiger partial charge in [-0.2, -0.15) is 0 Å². The Kier molecular flexibility index (Phi) is 4.10. The van der Waals surface area contributed by atoms with Crippen LogP contribution in [0.3, 0.4) is 0 Å². The molecular weight excluding hydrogens is 258 g/mol. The summed E-state index contributed by atoms with van der Waals surface area (Å²) in [7, 11) is 2.18. The Bertz CT molecular complexity index is 609. The van der Waals surface area contributed by atoms with Crippen molar-refractivity contribution in [2.75, 3.05) is 11.9 Å². The van der Waals surface area contributed by atoms with Gasteiger partial charge in [0.25, 0.3) is 0 Å². The molecule has 1 aliphatic rings. The SMILES string of the molecule is Cc1c(C)c(C)c2c(c1C)OC(C(C)C)=C(C(C)C)N2C. The van der Waals surface area contributed by atoms with Crippen LogP contribution in [0.15, 0.2) is 11.5 Å². The molecule has 0 aliphatic carbocycles. The largest absolute Gasteiger partial charge is 0.457 e. The van der Waals surface area contributed by atoms with Gasteiger partial charge in [0.1, 0.15) is 5.76 Å². The molecule has 0 spiro atoms. The van der Waals surface area contributed by atoms with Crippen LogP contribution < -0.4 is 9.64 Å². The monoisotopic (exact) mass is 287 g/mol. The normalized spacial score (nSPS) is 14.9. The van der Waals surface area contributed by atoms with Crippen molar-refractivity contribution in [3.8, 4) is 5.75 Å². The Hall–Kier alpha value is -1.44. The van der Waals surface area contributed by atoms with Crippen molar-refractivity contribution in [2.45, 2.75) is 55.4 Å². The van der Waals surface area contributed by atoms with E-state index >= 15 is 0 Å². The van der Waals surface area contributed by atoms with Crippen LogP contribution in [0, 0.1) is 39.5 Å². The lowest BCUT2D eigenvalue weighted by atomic mass is 9.92. The second kappa shape index (κ2) is 5.40. The van der Waals surface area contributed by atoms with Gasteiger partial charge in [-0.05, 0) is 55.9 Å². The molecule has 0 saturated heterocycles. The van der Waals surface area contributed by atoms with E-state index in [-0.39, 0.29) is 0 Å². The molecule has 0 unspecified atom stereocenters. The molecule has 1 aliphatic heterocycles. The third-order valence-corrected chi connectivity index (χ3v) is 4.83. The standard InChI is InChI=1S/C19H29NO/c1-10(2)16-18(11(3)4)21-19-15(8)13(6)12(5)14(7)17(19)20(16)9/h10-11H,1-9H3. The van der Waals surface area contributed by atoms with E-state index in [1.165, 1.54) is 33.6 Å². The van der Waals surface area contributed by atoms with Crippen LogP contribution >= 0.6 is 0 Å². The van der Waals surface area contributed by atoms with Crippen molar-refractivity contribution < 1.29 is 4.74 Å². The minimum atomic E-state index is 0.388. The summed E-state index contributed by atoms with van der Waals surface area (Å²) in [6.45, 7) is 17.7. The number of hydrogen-bond donors (Lipinski definition) is 0. The van der Waals surface area contributed by atoms with Crippen molar-refractivity contribution in [3.05, 3.63) is 33.7 Å². The topological polar surface area (TPSA) is 12.5 Å². The molecule has 116 valence electrons. The Labute approximate surface area is 129 Å². The van der Waals surface area contributed by atoms with Crippen molar-refractivity contribution >= 4 is 5.69 Å². The summed E-state index contributed by atoms with van der Waals surface area (Å²) in [5, 5.41) is 0. The average Bonchev–Trinajstić information content (AvgIpc) is 2.41. The van der Waals surface area contributed by atoms with Crippen molar-refractivity contribution in [2.24, 2.45) is 11.8 Å². The molecule has 0 radical (unpaired) electrons. The van der Waals surface area contributed by atoms with E-state index in [0.717, 1.165) is 11.5 Å². The van der Waals surface area contributed by atoms with Gasteiger partial charge in [-0.3, -0.25) is 0 Å². The van der Waals surface area contributed by atoms with Crippen molar-refractivity contribution in [1.82, 2.24) is 0 Å². The fourth-order valence-electron chi connectivity index (χ4n) is 3.32. The van der Waals surface area contributed by atoms with Crippen LogP contribution in [0.4, 0.5) is 5.69 Å². The highest BCUT2D eigenvalue weighted by Gasteiger charge is 2.31. The van der Waals surface area contributed by atoms with Gasteiger partial charge in [-0.1, -0.05) is 27.7 Å².